The predicted molar refractivity (Wildman–Crippen MR) is 93.0 cm³/mol. The number of nitrogen functional groups attached to an aromatic ring is 1. The Balaban J connectivity index is 1.41. The van der Waals surface area contributed by atoms with Crippen LogP contribution in [0.4, 0.5) is 5.69 Å². The van der Waals surface area contributed by atoms with E-state index in [0.717, 1.165) is 37.3 Å². The molecule has 4 heteroatoms. The minimum Gasteiger partial charge on any atom is -0.399 e. The van der Waals surface area contributed by atoms with Gasteiger partial charge in [-0.2, -0.15) is 0 Å². The fourth-order valence-electron chi connectivity index (χ4n) is 2.98. The van der Waals surface area contributed by atoms with Crippen molar-refractivity contribution in [2.24, 2.45) is 0 Å². The van der Waals surface area contributed by atoms with Crippen LogP contribution in [0.25, 0.3) is 0 Å². The first-order valence-corrected chi connectivity index (χ1v) is 8.11. The lowest BCUT2D eigenvalue weighted by Gasteiger charge is -2.28. The van der Waals surface area contributed by atoms with Crippen LogP contribution in [0.3, 0.4) is 0 Å². The summed E-state index contributed by atoms with van der Waals surface area (Å²) in [6, 6.07) is 16.1. The van der Waals surface area contributed by atoms with Crippen LogP contribution in [-0.2, 0) is 24.2 Å². The number of nitrogens with one attached hydrogen (secondary N) is 1. The molecule has 0 atom stereocenters. The van der Waals surface area contributed by atoms with Gasteiger partial charge in [0.05, 0.1) is 6.42 Å². The molecule has 0 saturated heterocycles. The third-order valence-corrected chi connectivity index (χ3v) is 4.30. The normalized spacial score (nSPS) is 14.3. The van der Waals surface area contributed by atoms with E-state index in [1.807, 2.05) is 24.3 Å². The molecule has 0 spiro atoms. The summed E-state index contributed by atoms with van der Waals surface area (Å²) in [5, 5.41) is 3.01. The van der Waals surface area contributed by atoms with Crippen LogP contribution in [0.2, 0.25) is 0 Å². The number of amides is 1. The maximum absolute atomic E-state index is 12.0. The van der Waals surface area contributed by atoms with Crippen molar-refractivity contribution in [2.45, 2.75) is 19.4 Å². The maximum Gasteiger partial charge on any atom is 0.224 e. The second-order valence-electron chi connectivity index (χ2n) is 6.06. The van der Waals surface area contributed by atoms with Gasteiger partial charge in [0.25, 0.3) is 0 Å². The van der Waals surface area contributed by atoms with Gasteiger partial charge in [0.2, 0.25) is 5.91 Å². The Kier molecular flexibility index (Phi) is 4.93. The van der Waals surface area contributed by atoms with E-state index in [1.54, 1.807) is 0 Å². The monoisotopic (exact) mass is 309 g/mol. The van der Waals surface area contributed by atoms with Gasteiger partial charge in [0.15, 0.2) is 0 Å². The molecule has 0 bridgehead atoms. The fourth-order valence-corrected chi connectivity index (χ4v) is 2.98. The summed E-state index contributed by atoms with van der Waals surface area (Å²) in [6.07, 6.45) is 1.50. The lowest BCUT2D eigenvalue weighted by atomic mass is 10.00. The van der Waals surface area contributed by atoms with Gasteiger partial charge in [0, 0.05) is 31.9 Å². The highest BCUT2D eigenvalue weighted by Crippen LogP contribution is 2.17. The molecule has 4 nitrogen and oxygen atoms in total. The van der Waals surface area contributed by atoms with Gasteiger partial charge < -0.3 is 11.1 Å². The average Bonchev–Trinajstić information content (AvgIpc) is 2.57. The smallest absolute Gasteiger partial charge is 0.224 e. The number of nitrogens with two attached hydrogens (primary N) is 1. The van der Waals surface area contributed by atoms with E-state index < -0.39 is 0 Å². The zero-order valence-corrected chi connectivity index (χ0v) is 13.3. The van der Waals surface area contributed by atoms with E-state index in [4.69, 9.17) is 5.73 Å². The quantitative estimate of drug-likeness (QED) is 0.831. The molecule has 0 saturated carbocycles. The summed E-state index contributed by atoms with van der Waals surface area (Å²) in [5.74, 6) is 0.0622. The highest BCUT2D eigenvalue weighted by Gasteiger charge is 2.15. The Morgan fingerprint density at radius 2 is 1.83 bits per heavy atom. The van der Waals surface area contributed by atoms with Crippen LogP contribution >= 0.6 is 0 Å². The van der Waals surface area contributed by atoms with Gasteiger partial charge in [0.1, 0.15) is 0 Å². The maximum atomic E-state index is 12.0. The van der Waals surface area contributed by atoms with E-state index in [0.29, 0.717) is 13.0 Å². The average molecular weight is 309 g/mol. The molecule has 23 heavy (non-hydrogen) atoms. The molecule has 2 aromatic carbocycles. The van der Waals surface area contributed by atoms with Gasteiger partial charge >= 0.3 is 0 Å². The largest absolute Gasteiger partial charge is 0.399 e. The SMILES string of the molecule is Nc1ccc(CC(=O)NCCN2CCc3ccccc3C2)cc1. The number of nitrogens with zero attached hydrogens (tertiary/aromatic N) is 1. The molecule has 1 aliphatic rings. The highest BCUT2D eigenvalue weighted by atomic mass is 16.1. The Morgan fingerprint density at radius 3 is 2.61 bits per heavy atom. The lowest BCUT2D eigenvalue weighted by molar-refractivity contribution is -0.120. The minimum absolute atomic E-state index is 0.0622. The molecule has 3 N–H and O–H groups in total. The second kappa shape index (κ2) is 7.29. The second-order valence-corrected chi connectivity index (χ2v) is 6.06. The van der Waals surface area contributed by atoms with Crippen molar-refractivity contribution in [3.63, 3.8) is 0 Å². The molecule has 1 amide bonds. The third kappa shape index (κ3) is 4.33. The number of hydrogen-bond acceptors (Lipinski definition) is 3. The standard InChI is InChI=1S/C19H23N3O/c20-18-7-5-15(6-8-18)13-19(23)21-10-12-22-11-9-16-3-1-2-4-17(16)14-22/h1-8H,9-14,20H2,(H,21,23). The van der Waals surface area contributed by atoms with Crippen molar-refractivity contribution in [1.82, 2.24) is 10.2 Å². The van der Waals surface area contributed by atoms with E-state index in [1.165, 1.54) is 11.1 Å². The van der Waals surface area contributed by atoms with Crippen molar-refractivity contribution in [3.8, 4) is 0 Å². The Labute approximate surface area is 137 Å². The van der Waals surface area contributed by atoms with Crippen molar-refractivity contribution in [3.05, 3.63) is 65.2 Å². The molecule has 0 radical (unpaired) electrons. The van der Waals surface area contributed by atoms with Gasteiger partial charge in [-0.05, 0) is 35.2 Å². The Bertz CT molecular complexity index is 667. The zero-order valence-electron chi connectivity index (χ0n) is 13.3. The summed E-state index contributed by atoms with van der Waals surface area (Å²) in [6.45, 7) is 3.62. The number of hydrogen-bond donors (Lipinski definition) is 2. The molecule has 3 rings (SSSR count). The van der Waals surface area contributed by atoms with Crippen molar-refractivity contribution in [1.29, 1.82) is 0 Å². The molecule has 0 unspecified atom stereocenters. The number of anilines is 1. The van der Waals surface area contributed by atoms with Gasteiger partial charge in [-0.15, -0.1) is 0 Å². The molecule has 0 aliphatic carbocycles. The summed E-state index contributed by atoms with van der Waals surface area (Å²) in [7, 11) is 0. The van der Waals surface area contributed by atoms with Crippen LogP contribution in [-0.4, -0.2) is 30.4 Å². The zero-order chi connectivity index (χ0) is 16.1. The molecule has 2 aromatic rings. The predicted octanol–water partition coefficient (Wildman–Crippen LogP) is 1.99. The van der Waals surface area contributed by atoms with Crippen molar-refractivity contribution < 1.29 is 4.79 Å². The molecule has 120 valence electrons. The topological polar surface area (TPSA) is 58.4 Å². The van der Waals surface area contributed by atoms with E-state index >= 15 is 0 Å². The van der Waals surface area contributed by atoms with Crippen LogP contribution in [0.15, 0.2) is 48.5 Å². The van der Waals surface area contributed by atoms with Gasteiger partial charge in [-0.3, -0.25) is 9.69 Å². The van der Waals surface area contributed by atoms with Crippen LogP contribution in [0, 0.1) is 0 Å². The molecule has 1 aliphatic heterocycles. The fraction of sp³-hybridized carbons (Fsp3) is 0.316. The van der Waals surface area contributed by atoms with Gasteiger partial charge in [-0.25, -0.2) is 0 Å². The first-order valence-electron chi connectivity index (χ1n) is 8.11. The Hall–Kier alpha value is -2.33. The van der Waals surface area contributed by atoms with E-state index in [2.05, 4.69) is 34.5 Å². The molecular weight excluding hydrogens is 286 g/mol. The number of fused-ring (bicyclic) bond motifs is 1. The summed E-state index contributed by atoms with van der Waals surface area (Å²) in [5.41, 5.74) is 10.2. The molecule has 1 heterocycles. The Morgan fingerprint density at radius 1 is 1.09 bits per heavy atom. The van der Waals surface area contributed by atoms with Crippen LogP contribution in [0.5, 0.6) is 0 Å². The van der Waals surface area contributed by atoms with E-state index in [9.17, 15) is 4.79 Å². The number of benzene rings is 2. The van der Waals surface area contributed by atoms with Crippen LogP contribution < -0.4 is 11.1 Å². The first kappa shape index (κ1) is 15.6. The minimum atomic E-state index is 0.0622. The number of carbonyl (C=O) groups is 1. The van der Waals surface area contributed by atoms with Crippen molar-refractivity contribution in [2.75, 3.05) is 25.4 Å². The lowest BCUT2D eigenvalue weighted by Crippen LogP contribution is -2.38. The summed E-state index contributed by atoms with van der Waals surface area (Å²) in [4.78, 5) is 14.4. The van der Waals surface area contributed by atoms with Gasteiger partial charge in [-0.1, -0.05) is 36.4 Å². The molecule has 0 aromatic heterocycles. The molecular formula is C19H23N3O. The van der Waals surface area contributed by atoms with E-state index in [-0.39, 0.29) is 5.91 Å². The highest BCUT2D eigenvalue weighted by molar-refractivity contribution is 5.78. The number of carbonyl (C=O) groups excluding carboxylic acids is 1. The van der Waals surface area contributed by atoms with Crippen LogP contribution in [0.1, 0.15) is 16.7 Å². The number of rotatable bonds is 5. The first-order chi connectivity index (χ1) is 11.2. The van der Waals surface area contributed by atoms with Crippen molar-refractivity contribution >= 4 is 11.6 Å². The third-order valence-electron chi connectivity index (χ3n) is 4.30. The molecule has 0 fully saturated rings. The summed E-state index contributed by atoms with van der Waals surface area (Å²) >= 11 is 0. The summed E-state index contributed by atoms with van der Waals surface area (Å²) < 4.78 is 0.